The standard InChI is InChI=1S/C24H21ClFN3O4/c25-21-11-17(9-10-27-21)24(32)28-19-7-3-16(4-8-19)23(31)20-13-33-14-22(30)29(20)12-15-1-5-18(26)6-2-15/h1-11,20,23,31H,12-14H2,(H,28,32). The van der Waals surface area contributed by atoms with Gasteiger partial charge < -0.3 is 20.1 Å². The van der Waals surface area contributed by atoms with E-state index >= 15 is 0 Å². The average Bonchev–Trinajstić information content (AvgIpc) is 2.82. The van der Waals surface area contributed by atoms with Gasteiger partial charge in [0.2, 0.25) is 5.91 Å². The molecule has 0 radical (unpaired) electrons. The summed E-state index contributed by atoms with van der Waals surface area (Å²) in [6, 6.07) is 14.9. The molecule has 2 heterocycles. The molecular formula is C24H21ClFN3O4. The fourth-order valence-electron chi connectivity index (χ4n) is 3.61. The van der Waals surface area contributed by atoms with Gasteiger partial charge >= 0.3 is 0 Å². The molecule has 2 aromatic carbocycles. The summed E-state index contributed by atoms with van der Waals surface area (Å²) in [4.78, 5) is 30.3. The van der Waals surface area contributed by atoms with Gasteiger partial charge in [-0.15, -0.1) is 0 Å². The van der Waals surface area contributed by atoms with Crippen molar-refractivity contribution in [1.29, 1.82) is 0 Å². The van der Waals surface area contributed by atoms with E-state index < -0.39 is 12.1 Å². The molecule has 3 aromatic rings. The number of nitrogens with zero attached hydrogens (tertiary/aromatic N) is 2. The molecule has 1 aliphatic rings. The Bertz CT molecular complexity index is 1140. The minimum atomic E-state index is -1.02. The van der Waals surface area contributed by atoms with Crippen LogP contribution in [0.4, 0.5) is 10.1 Å². The summed E-state index contributed by atoms with van der Waals surface area (Å²) in [5, 5.41) is 14.0. The number of nitrogens with one attached hydrogen (secondary N) is 1. The normalized spacial score (nSPS) is 17.0. The summed E-state index contributed by atoms with van der Waals surface area (Å²) in [6.07, 6.45) is 0.431. The van der Waals surface area contributed by atoms with Crippen LogP contribution in [0.25, 0.3) is 0 Å². The molecule has 1 aliphatic heterocycles. The number of morpholine rings is 1. The first-order valence-electron chi connectivity index (χ1n) is 10.2. The SMILES string of the molecule is O=C(Nc1ccc(C(O)C2COCC(=O)N2Cc2ccc(F)cc2)cc1)c1ccnc(Cl)c1. The minimum Gasteiger partial charge on any atom is -0.386 e. The molecule has 2 N–H and O–H groups in total. The Hall–Kier alpha value is -3.33. The number of rotatable bonds is 6. The Morgan fingerprint density at radius 3 is 2.64 bits per heavy atom. The Labute approximate surface area is 194 Å². The van der Waals surface area contributed by atoms with Gasteiger partial charge in [-0.2, -0.15) is 0 Å². The third kappa shape index (κ3) is 5.54. The number of aliphatic hydroxyl groups excluding tert-OH is 1. The highest BCUT2D eigenvalue weighted by Gasteiger charge is 2.34. The van der Waals surface area contributed by atoms with Gasteiger partial charge in [0.25, 0.3) is 5.91 Å². The predicted molar refractivity (Wildman–Crippen MR) is 120 cm³/mol. The smallest absolute Gasteiger partial charge is 0.255 e. The van der Waals surface area contributed by atoms with Crippen molar-refractivity contribution in [1.82, 2.24) is 9.88 Å². The van der Waals surface area contributed by atoms with Crippen molar-refractivity contribution in [2.45, 2.75) is 18.7 Å². The van der Waals surface area contributed by atoms with Crippen molar-refractivity contribution < 1.29 is 23.8 Å². The zero-order chi connectivity index (χ0) is 23.4. The van der Waals surface area contributed by atoms with Crippen LogP contribution >= 0.6 is 11.6 Å². The molecule has 4 rings (SSSR count). The lowest BCUT2D eigenvalue weighted by Gasteiger charge is -2.38. The molecule has 170 valence electrons. The van der Waals surface area contributed by atoms with E-state index in [0.717, 1.165) is 5.56 Å². The van der Waals surface area contributed by atoms with Gasteiger partial charge in [0.05, 0.1) is 12.6 Å². The van der Waals surface area contributed by atoms with Crippen LogP contribution in [-0.4, -0.2) is 46.1 Å². The van der Waals surface area contributed by atoms with E-state index in [1.165, 1.54) is 24.4 Å². The molecule has 2 atom stereocenters. The van der Waals surface area contributed by atoms with Crippen LogP contribution in [0.1, 0.15) is 27.6 Å². The van der Waals surface area contributed by atoms with E-state index in [-0.39, 0.29) is 42.5 Å². The van der Waals surface area contributed by atoms with Gasteiger partial charge in [-0.3, -0.25) is 9.59 Å². The summed E-state index contributed by atoms with van der Waals surface area (Å²) in [5.41, 5.74) is 2.21. The van der Waals surface area contributed by atoms with Crippen LogP contribution in [0.2, 0.25) is 5.15 Å². The Kier molecular flexibility index (Phi) is 6.98. The van der Waals surface area contributed by atoms with Crippen LogP contribution in [0, 0.1) is 5.82 Å². The van der Waals surface area contributed by atoms with Gasteiger partial charge in [-0.05, 0) is 47.5 Å². The van der Waals surface area contributed by atoms with Crippen molar-refractivity contribution in [3.05, 3.63) is 94.5 Å². The number of anilines is 1. The number of ether oxygens (including phenoxy) is 1. The highest BCUT2D eigenvalue weighted by Crippen LogP contribution is 2.27. The molecule has 0 saturated carbocycles. The number of hydrogen-bond acceptors (Lipinski definition) is 5. The van der Waals surface area contributed by atoms with Crippen molar-refractivity contribution in [3.63, 3.8) is 0 Å². The molecule has 0 bridgehead atoms. The fraction of sp³-hybridized carbons (Fsp3) is 0.208. The molecule has 2 amide bonds. The maximum Gasteiger partial charge on any atom is 0.255 e. The second-order valence-electron chi connectivity index (χ2n) is 7.62. The van der Waals surface area contributed by atoms with Crippen molar-refractivity contribution in [2.75, 3.05) is 18.5 Å². The van der Waals surface area contributed by atoms with E-state index in [9.17, 15) is 19.1 Å². The van der Waals surface area contributed by atoms with E-state index in [1.807, 2.05) is 0 Å². The van der Waals surface area contributed by atoms with Gasteiger partial charge in [-0.25, -0.2) is 9.37 Å². The summed E-state index contributed by atoms with van der Waals surface area (Å²) in [6.45, 7) is 0.316. The van der Waals surface area contributed by atoms with Crippen LogP contribution in [0.5, 0.6) is 0 Å². The molecule has 9 heteroatoms. The number of carbonyl (C=O) groups is 2. The maximum absolute atomic E-state index is 13.2. The molecular weight excluding hydrogens is 449 g/mol. The predicted octanol–water partition coefficient (Wildman–Crippen LogP) is 3.59. The van der Waals surface area contributed by atoms with Gasteiger partial charge in [0.1, 0.15) is 23.7 Å². The van der Waals surface area contributed by atoms with Gasteiger partial charge in [0, 0.05) is 24.0 Å². The minimum absolute atomic E-state index is 0.0750. The van der Waals surface area contributed by atoms with E-state index in [4.69, 9.17) is 16.3 Å². The van der Waals surface area contributed by atoms with Crippen molar-refractivity contribution >= 4 is 29.1 Å². The average molecular weight is 470 g/mol. The molecule has 33 heavy (non-hydrogen) atoms. The maximum atomic E-state index is 13.2. The Morgan fingerprint density at radius 1 is 1.21 bits per heavy atom. The van der Waals surface area contributed by atoms with Crippen molar-refractivity contribution in [2.24, 2.45) is 0 Å². The highest BCUT2D eigenvalue weighted by molar-refractivity contribution is 6.29. The van der Waals surface area contributed by atoms with E-state index in [1.54, 1.807) is 47.4 Å². The summed E-state index contributed by atoms with van der Waals surface area (Å²) >= 11 is 5.83. The zero-order valence-corrected chi connectivity index (χ0v) is 18.2. The lowest BCUT2D eigenvalue weighted by Crippen LogP contribution is -2.51. The van der Waals surface area contributed by atoms with Crippen LogP contribution < -0.4 is 5.32 Å². The summed E-state index contributed by atoms with van der Waals surface area (Å²) in [5.74, 6) is -0.957. The van der Waals surface area contributed by atoms with E-state index in [2.05, 4.69) is 10.3 Å². The van der Waals surface area contributed by atoms with Gasteiger partial charge in [0.15, 0.2) is 0 Å². The van der Waals surface area contributed by atoms with Gasteiger partial charge in [-0.1, -0.05) is 35.9 Å². The number of aromatic nitrogens is 1. The lowest BCUT2D eigenvalue weighted by molar-refractivity contribution is -0.155. The monoisotopic (exact) mass is 469 g/mol. The number of aliphatic hydroxyl groups is 1. The number of carbonyl (C=O) groups excluding carboxylic acids is 2. The molecule has 1 saturated heterocycles. The number of hydrogen-bond donors (Lipinski definition) is 2. The number of pyridine rings is 1. The topological polar surface area (TPSA) is 91.8 Å². The Morgan fingerprint density at radius 2 is 1.94 bits per heavy atom. The highest BCUT2D eigenvalue weighted by atomic mass is 35.5. The number of benzene rings is 2. The second kappa shape index (κ2) is 10.1. The quantitative estimate of drug-likeness (QED) is 0.538. The third-order valence-corrected chi connectivity index (χ3v) is 5.57. The van der Waals surface area contributed by atoms with E-state index in [0.29, 0.717) is 16.8 Å². The fourth-order valence-corrected chi connectivity index (χ4v) is 3.78. The van der Waals surface area contributed by atoms with Crippen molar-refractivity contribution in [3.8, 4) is 0 Å². The molecule has 1 aromatic heterocycles. The van der Waals surface area contributed by atoms with Crippen LogP contribution in [-0.2, 0) is 16.1 Å². The number of amides is 2. The second-order valence-corrected chi connectivity index (χ2v) is 8.01. The molecule has 0 aliphatic carbocycles. The molecule has 7 nitrogen and oxygen atoms in total. The molecule has 0 spiro atoms. The lowest BCUT2D eigenvalue weighted by atomic mass is 9.99. The van der Waals surface area contributed by atoms with Crippen LogP contribution in [0.3, 0.4) is 0 Å². The summed E-state index contributed by atoms with van der Waals surface area (Å²) in [7, 11) is 0. The Balaban J connectivity index is 1.46. The van der Waals surface area contributed by atoms with Crippen LogP contribution in [0.15, 0.2) is 66.9 Å². The largest absolute Gasteiger partial charge is 0.386 e. The first-order valence-corrected chi connectivity index (χ1v) is 10.6. The first kappa shape index (κ1) is 22.8. The third-order valence-electron chi connectivity index (χ3n) is 5.36. The zero-order valence-electron chi connectivity index (χ0n) is 17.4. The number of halogens is 2. The first-order chi connectivity index (χ1) is 15.9. The molecule has 2 unspecified atom stereocenters. The molecule has 1 fully saturated rings. The summed E-state index contributed by atoms with van der Waals surface area (Å²) < 4.78 is 18.6.